The van der Waals surface area contributed by atoms with Gasteiger partial charge in [0.1, 0.15) is 11.6 Å². The van der Waals surface area contributed by atoms with Crippen molar-refractivity contribution in [1.29, 1.82) is 0 Å². The van der Waals surface area contributed by atoms with Crippen LogP contribution in [0.4, 0.5) is 13.2 Å². The Hall–Kier alpha value is -2.05. The first kappa shape index (κ1) is 20.7. The molecule has 0 atom stereocenters. The fraction of sp³-hybridized carbons (Fsp3) is 0.455. The normalized spacial score (nSPS) is 20.1. The van der Waals surface area contributed by atoms with Gasteiger partial charge in [0.2, 0.25) is 0 Å². The molecule has 1 aliphatic rings. The molecule has 0 amide bonds. The molecule has 0 aromatic heterocycles. The second kappa shape index (κ2) is 9.43. The van der Waals surface area contributed by atoms with Crippen molar-refractivity contribution in [1.82, 2.24) is 0 Å². The second-order valence-corrected chi connectivity index (χ2v) is 7.06. The summed E-state index contributed by atoms with van der Waals surface area (Å²) in [6, 6.07) is 10.5. The molecule has 2 aromatic rings. The minimum atomic E-state index is -3.50. The van der Waals surface area contributed by atoms with Crippen LogP contribution in [-0.4, -0.2) is 19.5 Å². The van der Waals surface area contributed by atoms with Crippen molar-refractivity contribution in [3.8, 4) is 5.75 Å². The maximum atomic E-state index is 14.3. The Morgan fingerprint density at radius 1 is 0.964 bits per heavy atom. The van der Waals surface area contributed by atoms with Crippen molar-refractivity contribution in [2.24, 2.45) is 5.92 Å². The summed E-state index contributed by atoms with van der Waals surface area (Å²) in [7, 11) is 0. The maximum Gasteiger partial charge on any atom is 0.426 e. The van der Waals surface area contributed by atoms with Crippen molar-refractivity contribution in [2.45, 2.75) is 45.0 Å². The number of benzene rings is 2. The zero-order valence-electron chi connectivity index (χ0n) is 15.9. The molecule has 1 saturated heterocycles. The zero-order chi connectivity index (χ0) is 20.0. The summed E-state index contributed by atoms with van der Waals surface area (Å²) in [6.07, 6.45) is -0.169. The standard InChI is InChI=1S/C22H25F3O3/c1-2-3-17-14-26-21(27-15-17)13-6-16-4-7-18(8-5-16)22(24,25)28-20-11-9-19(23)10-12-20/h4-5,7-12,17,21H,2-3,6,13-15H2,1H3. The Morgan fingerprint density at radius 2 is 1.61 bits per heavy atom. The molecule has 0 N–H and O–H groups in total. The van der Waals surface area contributed by atoms with E-state index in [0.29, 0.717) is 32.0 Å². The lowest BCUT2D eigenvalue weighted by molar-refractivity contribution is -0.203. The van der Waals surface area contributed by atoms with Gasteiger partial charge in [-0.05, 0) is 54.8 Å². The van der Waals surface area contributed by atoms with E-state index >= 15 is 0 Å². The van der Waals surface area contributed by atoms with Crippen LogP contribution in [-0.2, 0) is 22.0 Å². The minimum Gasteiger partial charge on any atom is -0.429 e. The van der Waals surface area contributed by atoms with E-state index in [2.05, 4.69) is 6.92 Å². The summed E-state index contributed by atoms with van der Waals surface area (Å²) in [5.74, 6) is -0.140. The largest absolute Gasteiger partial charge is 0.429 e. The lowest BCUT2D eigenvalue weighted by Crippen LogP contribution is -2.32. The molecular formula is C22H25F3O3. The zero-order valence-corrected chi connectivity index (χ0v) is 15.9. The Labute approximate surface area is 163 Å². The molecule has 0 aliphatic carbocycles. The Balaban J connectivity index is 1.51. The quantitative estimate of drug-likeness (QED) is 0.577. The minimum absolute atomic E-state index is 0.0940. The third-order valence-corrected chi connectivity index (χ3v) is 4.75. The van der Waals surface area contributed by atoms with Crippen LogP contribution in [0, 0.1) is 11.7 Å². The predicted octanol–water partition coefficient (Wildman–Crippen LogP) is 5.68. The highest BCUT2D eigenvalue weighted by atomic mass is 19.3. The van der Waals surface area contributed by atoms with E-state index in [1.165, 1.54) is 24.3 Å². The Kier molecular flexibility index (Phi) is 6.97. The second-order valence-electron chi connectivity index (χ2n) is 7.06. The average molecular weight is 394 g/mol. The number of rotatable bonds is 8. The van der Waals surface area contributed by atoms with E-state index in [4.69, 9.17) is 14.2 Å². The van der Waals surface area contributed by atoms with Crippen molar-refractivity contribution < 1.29 is 27.4 Å². The molecule has 6 heteroatoms. The summed E-state index contributed by atoms with van der Waals surface area (Å²) in [5, 5.41) is 0. The van der Waals surface area contributed by atoms with E-state index in [1.54, 1.807) is 12.1 Å². The molecule has 1 fully saturated rings. The van der Waals surface area contributed by atoms with Gasteiger partial charge in [0.15, 0.2) is 6.29 Å². The fourth-order valence-electron chi connectivity index (χ4n) is 3.18. The molecule has 0 unspecified atom stereocenters. The van der Waals surface area contributed by atoms with Crippen LogP contribution in [0.5, 0.6) is 5.75 Å². The molecule has 3 nitrogen and oxygen atoms in total. The number of hydrogen-bond donors (Lipinski definition) is 0. The summed E-state index contributed by atoms with van der Waals surface area (Å²) >= 11 is 0. The molecule has 0 saturated carbocycles. The smallest absolute Gasteiger partial charge is 0.426 e. The van der Waals surface area contributed by atoms with Crippen molar-refractivity contribution in [3.63, 3.8) is 0 Å². The lowest BCUT2D eigenvalue weighted by atomic mass is 10.0. The first-order valence-electron chi connectivity index (χ1n) is 9.61. The van der Waals surface area contributed by atoms with E-state index in [1.807, 2.05) is 0 Å². The first-order chi connectivity index (χ1) is 13.5. The fourth-order valence-corrected chi connectivity index (χ4v) is 3.18. The summed E-state index contributed by atoms with van der Waals surface area (Å²) in [5.41, 5.74) is 0.664. The Bertz CT molecular complexity index is 724. The van der Waals surface area contributed by atoms with Crippen LogP contribution in [0.3, 0.4) is 0 Å². The van der Waals surface area contributed by atoms with Crippen LogP contribution in [0.15, 0.2) is 48.5 Å². The number of ether oxygens (including phenoxy) is 3. The van der Waals surface area contributed by atoms with Gasteiger partial charge < -0.3 is 14.2 Å². The molecule has 0 radical (unpaired) electrons. The van der Waals surface area contributed by atoms with Crippen LogP contribution < -0.4 is 4.74 Å². The van der Waals surface area contributed by atoms with E-state index in [-0.39, 0.29) is 17.6 Å². The molecule has 1 heterocycles. The van der Waals surface area contributed by atoms with E-state index in [0.717, 1.165) is 30.5 Å². The van der Waals surface area contributed by atoms with Crippen LogP contribution in [0.2, 0.25) is 0 Å². The number of alkyl halides is 2. The molecule has 28 heavy (non-hydrogen) atoms. The molecular weight excluding hydrogens is 369 g/mol. The predicted molar refractivity (Wildman–Crippen MR) is 99.8 cm³/mol. The molecule has 0 bridgehead atoms. The summed E-state index contributed by atoms with van der Waals surface area (Å²) < 4.78 is 57.7. The van der Waals surface area contributed by atoms with Gasteiger partial charge in [-0.25, -0.2) is 4.39 Å². The van der Waals surface area contributed by atoms with Gasteiger partial charge in [0, 0.05) is 12.3 Å². The van der Waals surface area contributed by atoms with Gasteiger partial charge in [-0.15, -0.1) is 0 Å². The van der Waals surface area contributed by atoms with Crippen molar-refractivity contribution >= 4 is 0 Å². The van der Waals surface area contributed by atoms with Gasteiger partial charge in [-0.2, -0.15) is 8.78 Å². The van der Waals surface area contributed by atoms with E-state index in [9.17, 15) is 13.2 Å². The summed E-state index contributed by atoms with van der Waals surface area (Å²) in [6.45, 7) is 3.57. The highest BCUT2D eigenvalue weighted by molar-refractivity contribution is 5.28. The van der Waals surface area contributed by atoms with Crippen LogP contribution in [0.1, 0.15) is 37.3 Å². The Morgan fingerprint density at radius 3 is 2.21 bits per heavy atom. The van der Waals surface area contributed by atoms with Crippen molar-refractivity contribution in [3.05, 3.63) is 65.5 Å². The molecule has 2 aromatic carbocycles. The topological polar surface area (TPSA) is 27.7 Å². The van der Waals surface area contributed by atoms with Gasteiger partial charge in [-0.1, -0.05) is 25.5 Å². The monoisotopic (exact) mass is 394 g/mol. The average Bonchev–Trinajstić information content (AvgIpc) is 2.70. The van der Waals surface area contributed by atoms with Gasteiger partial charge in [0.05, 0.1) is 18.8 Å². The van der Waals surface area contributed by atoms with Gasteiger partial charge in [0.25, 0.3) is 0 Å². The van der Waals surface area contributed by atoms with Crippen LogP contribution in [0.25, 0.3) is 0 Å². The number of hydrogen-bond acceptors (Lipinski definition) is 3. The third kappa shape index (κ3) is 5.72. The molecule has 152 valence electrons. The van der Waals surface area contributed by atoms with Crippen molar-refractivity contribution in [2.75, 3.05) is 13.2 Å². The van der Waals surface area contributed by atoms with Gasteiger partial charge >= 0.3 is 6.11 Å². The molecule has 3 rings (SSSR count). The highest BCUT2D eigenvalue weighted by Crippen LogP contribution is 2.32. The first-order valence-corrected chi connectivity index (χ1v) is 9.61. The summed E-state index contributed by atoms with van der Waals surface area (Å²) in [4.78, 5) is 0. The maximum absolute atomic E-state index is 14.3. The van der Waals surface area contributed by atoms with Gasteiger partial charge in [-0.3, -0.25) is 0 Å². The lowest BCUT2D eigenvalue weighted by Gasteiger charge is -2.29. The highest BCUT2D eigenvalue weighted by Gasteiger charge is 2.34. The third-order valence-electron chi connectivity index (χ3n) is 4.75. The van der Waals surface area contributed by atoms with E-state index < -0.39 is 11.9 Å². The molecule has 0 spiro atoms. The van der Waals surface area contributed by atoms with Crippen LogP contribution >= 0.6 is 0 Å². The number of halogens is 3. The number of aryl methyl sites for hydroxylation is 1. The SMILES string of the molecule is CCCC1COC(CCc2ccc(C(F)(F)Oc3ccc(F)cc3)cc2)OC1. The molecule has 1 aliphatic heterocycles.